The maximum atomic E-state index is 12.3. The number of hydrogen-bond donors (Lipinski definition) is 1. The SMILES string of the molecule is CN(CC1CC1)S(=O)(=O)c1ccc(C#CCO)cc1. The summed E-state index contributed by atoms with van der Waals surface area (Å²) >= 11 is 0. The van der Waals surface area contributed by atoms with Gasteiger partial charge in [0.15, 0.2) is 0 Å². The van der Waals surface area contributed by atoms with Crippen LogP contribution >= 0.6 is 0 Å². The molecule has 0 amide bonds. The van der Waals surface area contributed by atoms with Gasteiger partial charge in [0, 0.05) is 19.2 Å². The third kappa shape index (κ3) is 3.57. The van der Waals surface area contributed by atoms with Crippen LogP contribution in [0.4, 0.5) is 0 Å². The summed E-state index contributed by atoms with van der Waals surface area (Å²) in [6, 6.07) is 6.42. The first kappa shape index (κ1) is 14.1. The van der Waals surface area contributed by atoms with Crippen molar-refractivity contribution < 1.29 is 13.5 Å². The number of hydrogen-bond acceptors (Lipinski definition) is 3. The predicted octanol–water partition coefficient (Wildman–Crippen LogP) is 1.06. The molecule has 1 N–H and O–H groups in total. The number of sulfonamides is 1. The summed E-state index contributed by atoms with van der Waals surface area (Å²) in [5.41, 5.74) is 0.692. The van der Waals surface area contributed by atoms with Crippen LogP contribution in [0.5, 0.6) is 0 Å². The fourth-order valence-corrected chi connectivity index (χ4v) is 3.04. The van der Waals surface area contributed by atoms with Crippen LogP contribution in [0.2, 0.25) is 0 Å². The summed E-state index contributed by atoms with van der Waals surface area (Å²) in [5, 5.41) is 8.60. The first-order valence-electron chi connectivity index (χ1n) is 6.20. The second-order valence-electron chi connectivity index (χ2n) is 4.71. The van der Waals surface area contributed by atoms with Crippen molar-refractivity contribution in [2.24, 2.45) is 5.92 Å². The van der Waals surface area contributed by atoms with E-state index in [4.69, 9.17) is 5.11 Å². The van der Waals surface area contributed by atoms with E-state index in [1.54, 1.807) is 31.3 Å². The molecular weight excluding hydrogens is 262 g/mol. The maximum absolute atomic E-state index is 12.3. The van der Waals surface area contributed by atoms with Crippen LogP contribution in [-0.4, -0.2) is 38.0 Å². The number of benzene rings is 1. The summed E-state index contributed by atoms with van der Waals surface area (Å²) in [4.78, 5) is 0.283. The van der Waals surface area contributed by atoms with E-state index in [0.29, 0.717) is 18.0 Å². The van der Waals surface area contributed by atoms with Gasteiger partial charge in [-0.05, 0) is 43.0 Å². The van der Waals surface area contributed by atoms with E-state index in [-0.39, 0.29) is 11.5 Å². The lowest BCUT2D eigenvalue weighted by atomic mass is 10.2. The van der Waals surface area contributed by atoms with E-state index in [9.17, 15) is 8.42 Å². The van der Waals surface area contributed by atoms with Gasteiger partial charge in [0.2, 0.25) is 10.0 Å². The van der Waals surface area contributed by atoms with Crippen molar-refractivity contribution in [3.8, 4) is 11.8 Å². The molecule has 1 aliphatic rings. The van der Waals surface area contributed by atoms with E-state index < -0.39 is 10.0 Å². The first-order chi connectivity index (χ1) is 9.04. The lowest BCUT2D eigenvalue weighted by molar-refractivity contribution is 0.350. The smallest absolute Gasteiger partial charge is 0.242 e. The minimum absolute atomic E-state index is 0.204. The third-order valence-corrected chi connectivity index (χ3v) is 4.92. The van der Waals surface area contributed by atoms with Gasteiger partial charge in [-0.3, -0.25) is 0 Å². The molecule has 1 aromatic carbocycles. The summed E-state index contributed by atoms with van der Waals surface area (Å²) in [6.45, 7) is 0.387. The van der Waals surface area contributed by atoms with Crippen molar-refractivity contribution in [2.45, 2.75) is 17.7 Å². The normalized spacial score (nSPS) is 15.1. The molecule has 0 unspecified atom stereocenters. The Morgan fingerprint density at radius 2 is 1.95 bits per heavy atom. The highest BCUT2D eigenvalue weighted by atomic mass is 32.2. The second-order valence-corrected chi connectivity index (χ2v) is 6.76. The van der Waals surface area contributed by atoms with Crippen LogP contribution in [0.3, 0.4) is 0 Å². The van der Waals surface area contributed by atoms with E-state index in [0.717, 1.165) is 12.8 Å². The van der Waals surface area contributed by atoms with Gasteiger partial charge in [-0.25, -0.2) is 12.7 Å². The molecule has 0 aromatic heterocycles. The molecule has 0 bridgehead atoms. The van der Waals surface area contributed by atoms with E-state index in [1.165, 1.54) is 4.31 Å². The van der Waals surface area contributed by atoms with Gasteiger partial charge >= 0.3 is 0 Å². The van der Waals surface area contributed by atoms with Gasteiger partial charge in [-0.1, -0.05) is 11.8 Å². The van der Waals surface area contributed by atoms with Gasteiger partial charge in [0.25, 0.3) is 0 Å². The fraction of sp³-hybridized carbons (Fsp3) is 0.429. The minimum atomic E-state index is -3.40. The van der Waals surface area contributed by atoms with Crippen molar-refractivity contribution in [1.82, 2.24) is 4.31 Å². The average Bonchev–Trinajstić information content (AvgIpc) is 3.20. The zero-order valence-corrected chi connectivity index (χ0v) is 11.7. The predicted molar refractivity (Wildman–Crippen MR) is 72.9 cm³/mol. The highest BCUT2D eigenvalue weighted by molar-refractivity contribution is 7.89. The lowest BCUT2D eigenvalue weighted by Gasteiger charge is -2.16. The van der Waals surface area contributed by atoms with Gasteiger partial charge in [0.1, 0.15) is 6.61 Å². The van der Waals surface area contributed by atoms with Gasteiger partial charge < -0.3 is 5.11 Å². The largest absolute Gasteiger partial charge is 0.384 e. The first-order valence-corrected chi connectivity index (χ1v) is 7.64. The van der Waals surface area contributed by atoms with Crippen LogP contribution in [0.15, 0.2) is 29.2 Å². The van der Waals surface area contributed by atoms with E-state index >= 15 is 0 Å². The molecule has 0 radical (unpaired) electrons. The Hall–Kier alpha value is -1.35. The van der Waals surface area contributed by atoms with Gasteiger partial charge in [-0.2, -0.15) is 0 Å². The van der Waals surface area contributed by atoms with Gasteiger partial charge in [0.05, 0.1) is 4.90 Å². The van der Waals surface area contributed by atoms with Gasteiger partial charge in [-0.15, -0.1) is 0 Å². The average molecular weight is 279 g/mol. The van der Waals surface area contributed by atoms with Crippen molar-refractivity contribution >= 4 is 10.0 Å². The molecular formula is C14H17NO3S. The molecule has 19 heavy (non-hydrogen) atoms. The molecule has 4 nitrogen and oxygen atoms in total. The van der Waals surface area contributed by atoms with E-state index in [2.05, 4.69) is 11.8 Å². The number of nitrogens with zero attached hydrogens (tertiary/aromatic N) is 1. The second kappa shape index (κ2) is 5.74. The van der Waals surface area contributed by atoms with Crippen molar-refractivity contribution in [1.29, 1.82) is 0 Å². The Kier molecular flexibility index (Phi) is 4.25. The Balaban J connectivity index is 2.15. The van der Waals surface area contributed by atoms with Crippen LogP contribution in [-0.2, 0) is 10.0 Å². The molecule has 0 aliphatic heterocycles. The van der Waals surface area contributed by atoms with Crippen LogP contribution in [0.1, 0.15) is 18.4 Å². The molecule has 1 aliphatic carbocycles. The zero-order valence-electron chi connectivity index (χ0n) is 10.8. The summed E-state index contributed by atoms with van der Waals surface area (Å²) in [7, 11) is -1.78. The monoisotopic (exact) mass is 279 g/mol. The molecule has 0 saturated heterocycles. The lowest BCUT2D eigenvalue weighted by Crippen LogP contribution is -2.28. The number of rotatable bonds is 4. The van der Waals surface area contributed by atoms with Crippen molar-refractivity contribution in [3.05, 3.63) is 29.8 Å². The molecule has 0 spiro atoms. The summed E-state index contributed by atoms with van der Waals surface area (Å²) in [6.07, 6.45) is 2.24. The highest BCUT2D eigenvalue weighted by Crippen LogP contribution is 2.30. The minimum Gasteiger partial charge on any atom is -0.384 e. The van der Waals surface area contributed by atoms with Crippen LogP contribution in [0.25, 0.3) is 0 Å². The number of aliphatic hydroxyl groups is 1. The van der Waals surface area contributed by atoms with Crippen LogP contribution in [0, 0.1) is 17.8 Å². The Morgan fingerprint density at radius 3 is 2.47 bits per heavy atom. The molecule has 0 heterocycles. The molecule has 1 saturated carbocycles. The zero-order chi connectivity index (χ0) is 13.9. The van der Waals surface area contributed by atoms with Crippen LogP contribution < -0.4 is 0 Å². The van der Waals surface area contributed by atoms with Crippen molar-refractivity contribution in [3.63, 3.8) is 0 Å². The van der Waals surface area contributed by atoms with E-state index in [1.807, 2.05) is 0 Å². The summed E-state index contributed by atoms with van der Waals surface area (Å²) in [5.74, 6) is 5.78. The third-order valence-electron chi connectivity index (χ3n) is 3.09. The summed E-state index contributed by atoms with van der Waals surface area (Å²) < 4.78 is 26.0. The Labute approximate surface area is 114 Å². The maximum Gasteiger partial charge on any atom is 0.242 e. The van der Waals surface area contributed by atoms with Crippen molar-refractivity contribution in [2.75, 3.05) is 20.2 Å². The quantitative estimate of drug-likeness (QED) is 0.839. The molecule has 2 rings (SSSR count). The molecule has 5 heteroatoms. The molecule has 102 valence electrons. The standard InChI is InChI=1S/C14H17NO3S/c1-15(11-13-4-5-13)19(17,18)14-8-6-12(7-9-14)3-2-10-16/h6-9,13,16H,4-5,10-11H2,1H3. The Bertz CT molecular complexity index is 592. The number of aliphatic hydroxyl groups excluding tert-OH is 1. The topological polar surface area (TPSA) is 57.6 Å². The highest BCUT2D eigenvalue weighted by Gasteiger charge is 2.28. The Morgan fingerprint density at radius 1 is 1.32 bits per heavy atom. The molecule has 1 aromatic rings. The fourth-order valence-electron chi connectivity index (χ4n) is 1.79. The molecule has 1 fully saturated rings. The molecule has 0 atom stereocenters.